The standard InChI is InChI=1S/C26H25BCl2N2O4/c28-22-13-18(12-20(24(22)29)17-2-1-3-19(11-17)27(33)34)25(32)31-8-6-26(7-9-31)15-35-23-5-4-16(14-30)10-21(23)26/h1-5,10-13,33-34H,6-9,14-15,30H2. The first-order chi connectivity index (χ1) is 16.8. The molecular formula is C26H25BCl2N2O4. The van der Waals surface area contributed by atoms with Gasteiger partial charge in [0.2, 0.25) is 0 Å². The smallest absolute Gasteiger partial charge is 0.488 e. The fourth-order valence-electron chi connectivity index (χ4n) is 5.06. The Balaban J connectivity index is 1.39. The molecule has 2 heterocycles. The van der Waals surface area contributed by atoms with Crippen LogP contribution >= 0.6 is 23.2 Å². The molecule has 0 saturated carbocycles. The van der Waals surface area contributed by atoms with Gasteiger partial charge in [0.15, 0.2) is 0 Å². The number of piperidine rings is 1. The fourth-order valence-corrected chi connectivity index (χ4v) is 5.50. The van der Waals surface area contributed by atoms with Crippen molar-refractivity contribution in [3.05, 3.63) is 81.3 Å². The highest BCUT2D eigenvalue weighted by molar-refractivity contribution is 6.58. The number of fused-ring (bicyclic) bond motifs is 2. The maximum absolute atomic E-state index is 13.5. The second-order valence-electron chi connectivity index (χ2n) is 9.21. The van der Waals surface area contributed by atoms with Gasteiger partial charge < -0.3 is 25.4 Å². The van der Waals surface area contributed by atoms with E-state index in [-0.39, 0.29) is 16.3 Å². The summed E-state index contributed by atoms with van der Waals surface area (Å²) in [5.41, 5.74) is 9.98. The zero-order valence-corrected chi connectivity index (χ0v) is 20.5. The van der Waals surface area contributed by atoms with Gasteiger partial charge in [-0.05, 0) is 47.6 Å². The Morgan fingerprint density at radius 2 is 1.86 bits per heavy atom. The number of carbonyl (C=O) groups excluding carboxylic acids is 1. The first kappa shape index (κ1) is 24.2. The Bertz CT molecular complexity index is 1290. The summed E-state index contributed by atoms with van der Waals surface area (Å²) in [5, 5.41) is 19.6. The zero-order valence-electron chi connectivity index (χ0n) is 19.0. The van der Waals surface area contributed by atoms with Crippen molar-refractivity contribution in [2.75, 3.05) is 19.7 Å². The minimum absolute atomic E-state index is 0.105. The molecule has 35 heavy (non-hydrogen) atoms. The molecular weight excluding hydrogens is 486 g/mol. The Labute approximate surface area is 214 Å². The van der Waals surface area contributed by atoms with Crippen molar-refractivity contribution < 1.29 is 19.6 Å². The van der Waals surface area contributed by atoms with Crippen LogP contribution in [0, 0.1) is 0 Å². The second kappa shape index (κ2) is 9.49. The monoisotopic (exact) mass is 510 g/mol. The van der Waals surface area contributed by atoms with Crippen LogP contribution in [0.25, 0.3) is 11.1 Å². The van der Waals surface area contributed by atoms with Crippen LogP contribution in [0.4, 0.5) is 0 Å². The molecule has 0 atom stereocenters. The van der Waals surface area contributed by atoms with Gasteiger partial charge in [-0.15, -0.1) is 0 Å². The molecule has 3 aromatic carbocycles. The van der Waals surface area contributed by atoms with Gasteiger partial charge in [0, 0.05) is 41.7 Å². The summed E-state index contributed by atoms with van der Waals surface area (Å²) in [6, 6.07) is 16.1. The SMILES string of the molecule is NCc1ccc2c(c1)C1(CCN(C(=O)c3cc(Cl)c(Cl)c(-c4cccc(B(O)O)c4)c3)CC1)CO2. The number of hydrogen-bond acceptors (Lipinski definition) is 5. The molecule has 1 saturated heterocycles. The van der Waals surface area contributed by atoms with Crippen LogP contribution in [0.3, 0.4) is 0 Å². The molecule has 0 unspecified atom stereocenters. The number of carbonyl (C=O) groups is 1. The number of nitrogens with two attached hydrogens (primary N) is 1. The van der Waals surface area contributed by atoms with Crippen molar-refractivity contribution in [2.24, 2.45) is 5.73 Å². The highest BCUT2D eigenvalue weighted by Gasteiger charge is 2.44. The van der Waals surface area contributed by atoms with Crippen molar-refractivity contribution >= 4 is 41.7 Å². The molecule has 5 rings (SSSR count). The van der Waals surface area contributed by atoms with Crippen LogP contribution in [-0.2, 0) is 12.0 Å². The van der Waals surface area contributed by atoms with E-state index >= 15 is 0 Å². The first-order valence-corrected chi connectivity index (χ1v) is 12.3. The molecule has 1 fully saturated rings. The van der Waals surface area contributed by atoms with Crippen LogP contribution in [0.1, 0.15) is 34.3 Å². The van der Waals surface area contributed by atoms with E-state index in [0.29, 0.717) is 53.4 Å². The highest BCUT2D eigenvalue weighted by atomic mass is 35.5. The van der Waals surface area contributed by atoms with Gasteiger partial charge in [-0.25, -0.2) is 0 Å². The highest BCUT2D eigenvalue weighted by Crippen LogP contribution is 2.46. The second-order valence-corrected chi connectivity index (χ2v) is 10.00. The lowest BCUT2D eigenvalue weighted by Crippen LogP contribution is -2.46. The third-order valence-electron chi connectivity index (χ3n) is 7.13. The number of ether oxygens (including phenoxy) is 1. The van der Waals surface area contributed by atoms with Crippen LogP contribution in [0.15, 0.2) is 54.6 Å². The predicted octanol–water partition coefficient (Wildman–Crippen LogP) is 3.37. The van der Waals surface area contributed by atoms with E-state index < -0.39 is 7.12 Å². The number of nitrogens with zero attached hydrogens (tertiary/aromatic N) is 1. The van der Waals surface area contributed by atoms with E-state index in [1.807, 2.05) is 17.0 Å². The van der Waals surface area contributed by atoms with Gasteiger partial charge in [-0.1, -0.05) is 59.6 Å². The molecule has 4 N–H and O–H groups in total. The molecule has 1 spiro atoms. The van der Waals surface area contributed by atoms with E-state index in [4.69, 9.17) is 33.7 Å². The Morgan fingerprint density at radius 1 is 1.09 bits per heavy atom. The summed E-state index contributed by atoms with van der Waals surface area (Å²) < 4.78 is 5.98. The quantitative estimate of drug-likeness (QED) is 0.468. The fraction of sp³-hybridized carbons (Fsp3) is 0.269. The van der Waals surface area contributed by atoms with Crippen molar-refractivity contribution in [1.29, 1.82) is 0 Å². The molecule has 9 heteroatoms. The van der Waals surface area contributed by atoms with Crippen LogP contribution in [0.2, 0.25) is 10.0 Å². The zero-order chi connectivity index (χ0) is 24.7. The lowest BCUT2D eigenvalue weighted by molar-refractivity contribution is 0.0646. The minimum Gasteiger partial charge on any atom is -0.492 e. The van der Waals surface area contributed by atoms with Gasteiger partial charge in [0.25, 0.3) is 5.91 Å². The molecule has 0 radical (unpaired) electrons. The summed E-state index contributed by atoms with van der Waals surface area (Å²) in [7, 11) is -1.61. The van der Waals surface area contributed by atoms with Crippen molar-refractivity contribution in [3.8, 4) is 16.9 Å². The summed E-state index contributed by atoms with van der Waals surface area (Å²) >= 11 is 12.9. The van der Waals surface area contributed by atoms with Gasteiger partial charge in [0.05, 0.1) is 16.7 Å². The summed E-state index contributed by atoms with van der Waals surface area (Å²) in [6.07, 6.45) is 1.59. The normalized spacial score (nSPS) is 16.2. The van der Waals surface area contributed by atoms with E-state index in [2.05, 4.69) is 6.07 Å². The number of likely N-dealkylation sites (tertiary alicyclic amines) is 1. The van der Waals surface area contributed by atoms with Crippen LogP contribution in [-0.4, -0.2) is 47.7 Å². The molecule has 1 amide bonds. The van der Waals surface area contributed by atoms with E-state index in [1.165, 1.54) is 5.56 Å². The average Bonchev–Trinajstić information content (AvgIpc) is 3.22. The maximum atomic E-state index is 13.5. The molecule has 0 aromatic heterocycles. The predicted molar refractivity (Wildman–Crippen MR) is 138 cm³/mol. The Hall–Kier alpha value is -2.55. The molecule has 180 valence electrons. The van der Waals surface area contributed by atoms with E-state index in [9.17, 15) is 14.8 Å². The largest absolute Gasteiger partial charge is 0.492 e. The number of rotatable bonds is 4. The van der Waals surface area contributed by atoms with E-state index in [1.54, 1.807) is 36.4 Å². The minimum atomic E-state index is -1.61. The lowest BCUT2D eigenvalue weighted by Gasteiger charge is -2.38. The van der Waals surface area contributed by atoms with Gasteiger partial charge >= 0.3 is 7.12 Å². The molecule has 6 nitrogen and oxygen atoms in total. The number of hydrogen-bond donors (Lipinski definition) is 3. The third kappa shape index (κ3) is 4.43. The number of benzene rings is 3. The van der Waals surface area contributed by atoms with E-state index in [0.717, 1.165) is 24.2 Å². The first-order valence-electron chi connectivity index (χ1n) is 11.5. The number of halogens is 2. The van der Waals surface area contributed by atoms with Crippen molar-refractivity contribution in [2.45, 2.75) is 24.8 Å². The van der Waals surface area contributed by atoms with Gasteiger partial charge in [0.1, 0.15) is 5.75 Å². The molecule has 0 aliphatic carbocycles. The summed E-state index contributed by atoms with van der Waals surface area (Å²) in [5.74, 6) is 0.791. The van der Waals surface area contributed by atoms with Gasteiger partial charge in [-0.2, -0.15) is 0 Å². The Morgan fingerprint density at radius 3 is 2.57 bits per heavy atom. The summed E-state index contributed by atoms with van der Waals surface area (Å²) in [4.78, 5) is 15.3. The summed E-state index contributed by atoms with van der Waals surface area (Å²) in [6.45, 7) is 2.28. The van der Waals surface area contributed by atoms with Crippen LogP contribution in [0.5, 0.6) is 5.75 Å². The van der Waals surface area contributed by atoms with Crippen molar-refractivity contribution in [3.63, 3.8) is 0 Å². The van der Waals surface area contributed by atoms with Crippen LogP contribution < -0.4 is 15.9 Å². The van der Waals surface area contributed by atoms with Gasteiger partial charge in [-0.3, -0.25) is 4.79 Å². The maximum Gasteiger partial charge on any atom is 0.488 e. The lowest BCUT2D eigenvalue weighted by atomic mass is 9.74. The Kier molecular flexibility index (Phi) is 6.55. The molecule has 2 aliphatic rings. The third-order valence-corrected chi connectivity index (χ3v) is 7.94. The molecule has 0 bridgehead atoms. The number of amides is 1. The molecule has 3 aromatic rings. The average molecular weight is 511 g/mol. The van der Waals surface area contributed by atoms with Crippen molar-refractivity contribution in [1.82, 2.24) is 4.90 Å². The molecule has 2 aliphatic heterocycles. The topological polar surface area (TPSA) is 96.0 Å².